The van der Waals surface area contributed by atoms with E-state index in [1.54, 1.807) is 6.33 Å². The molecule has 98 valence electrons. The second-order valence-corrected chi connectivity index (χ2v) is 6.17. The second-order valence-electron chi connectivity index (χ2n) is 6.17. The molecule has 1 aromatic heterocycles. The van der Waals surface area contributed by atoms with E-state index >= 15 is 0 Å². The van der Waals surface area contributed by atoms with Gasteiger partial charge in [0, 0.05) is 18.5 Å². The molecule has 4 heteroatoms. The highest BCUT2D eigenvalue weighted by Crippen LogP contribution is 2.22. The minimum absolute atomic E-state index is 0.330. The van der Waals surface area contributed by atoms with Gasteiger partial charge in [-0.05, 0) is 32.7 Å². The van der Waals surface area contributed by atoms with E-state index in [0.717, 1.165) is 18.7 Å². The van der Waals surface area contributed by atoms with Gasteiger partial charge in [0.05, 0.1) is 0 Å². The van der Waals surface area contributed by atoms with Gasteiger partial charge < -0.3 is 5.32 Å². The van der Waals surface area contributed by atoms with E-state index in [2.05, 4.69) is 50.0 Å². The van der Waals surface area contributed by atoms with Crippen LogP contribution < -0.4 is 5.32 Å². The average Bonchev–Trinajstić information content (AvgIpc) is 2.62. The van der Waals surface area contributed by atoms with Gasteiger partial charge in [0.15, 0.2) is 0 Å². The van der Waals surface area contributed by atoms with E-state index in [9.17, 15) is 0 Å². The minimum Gasteiger partial charge on any atom is -0.317 e. The summed E-state index contributed by atoms with van der Waals surface area (Å²) in [6, 6.07) is 0.830. The first-order chi connectivity index (χ1) is 7.83. The number of hydrogen-bond donors (Lipinski definition) is 1. The van der Waals surface area contributed by atoms with Crippen molar-refractivity contribution in [3.05, 3.63) is 12.2 Å². The lowest BCUT2D eigenvalue weighted by molar-refractivity contribution is 0.310. The first-order valence-corrected chi connectivity index (χ1v) is 6.39. The van der Waals surface area contributed by atoms with Gasteiger partial charge in [0.1, 0.15) is 12.2 Å². The molecule has 17 heavy (non-hydrogen) atoms. The summed E-state index contributed by atoms with van der Waals surface area (Å²) in [5, 5.41) is 7.66. The first-order valence-electron chi connectivity index (χ1n) is 6.39. The molecule has 1 heterocycles. The Morgan fingerprint density at radius 3 is 2.47 bits per heavy atom. The van der Waals surface area contributed by atoms with Crippen LogP contribution in [0.1, 0.15) is 52.9 Å². The van der Waals surface area contributed by atoms with Crippen LogP contribution in [-0.2, 0) is 6.42 Å². The van der Waals surface area contributed by atoms with Gasteiger partial charge in [-0.15, -0.1) is 0 Å². The quantitative estimate of drug-likeness (QED) is 0.856. The molecule has 0 fully saturated rings. The standard InChI is InChI=1S/C13H26N4/c1-10(2)17-12(15-9-16-17)7-11(14-6)8-13(3,4)5/h9-11,14H,7-8H2,1-6H3. The van der Waals surface area contributed by atoms with Crippen molar-refractivity contribution in [1.82, 2.24) is 20.1 Å². The Bertz CT molecular complexity index is 335. The molecule has 1 unspecified atom stereocenters. The molecule has 0 radical (unpaired) electrons. The van der Waals surface area contributed by atoms with Crippen LogP contribution in [0.4, 0.5) is 0 Å². The summed E-state index contributed by atoms with van der Waals surface area (Å²) in [5.74, 6) is 1.07. The fraction of sp³-hybridized carbons (Fsp3) is 0.846. The molecule has 1 atom stereocenters. The van der Waals surface area contributed by atoms with Crippen molar-refractivity contribution in [2.24, 2.45) is 5.41 Å². The Kier molecular flexibility index (Phi) is 4.69. The third-order valence-corrected chi connectivity index (χ3v) is 2.83. The van der Waals surface area contributed by atoms with Crippen molar-refractivity contribution in [3.8, 4) is 0 Å². The summed E-state index contributed by atoms with van der Waals surface area (Å²) in [5.41, 5.74) is 0.330. The van der Waals surface area contributed by atoms with Gasteiger partial charge >= 0.3 is 0 Å². The summed E-state index contributed by atoms with van der Waals surface area (Å²) in [6.07, 6.45) is 3.72. The normalized spacial score (nSPS) is 14.3. The smallest absolute Gasteiger partial charge is 0.138 e. The van der Waals surface area contributed by atoms with Crippen LogP contribution in [-0.4, -0.2) is 27.9 Å². The van der Waals surface area contributed by atoms with Crippen LogP contribution in [0.25, 0.3) is 0 Å². The summed E-state index contributed by atoms with van der Waals surface area (Å²) in [4.78, 5) is 4.37. The molecule has 0 saturated heterocycles. The molecular weight excluding hydrogens is 212 g/mol. The van der Waals surface area contributed by atoms with Gasteiger partial charge in [-0.1, -0.05) is 20.8 Å². The lowest BCUT2D eigenvalue weighted by atomic mass is 9.87. The molecule has 1 aromatic rings. The molecule has 1 rings (SSSR count). The molecule has 0 aliphatic rings. The summed E-state index contributed by atoms with van der Waals surface area (Å²) >= 11 is 0. The molecule has 0 aliphatic heterocycles. The van der Waals surface area contributed by atoms with Crippen molar-refractivity contribution in [3.63, 3.8) is 0 Å². The number of nitrogens with one attached hydrogen (secondary N) is 1. The lowest BCUT2D eigenvalue weighted by Crippen LogP contribution is -2.33. The maximum atomic E-state index is 4.37. The van der Waals surface area contributed by atoms with Gasteiger partial charge in [0.25, 0.3) is 0 Å². The lowest BCUT2D eigenvalue weighted by Gasteiger charge is -2.25. The largest absolute Gasteiger partial charge is 0.317 e. The van der Waals surface area contributed by atoms with E-state index in [1.165, 1.54) is 0 Å². The Morgan fingerprint density at radius 1 is 1.35 bits per heavy atom. The summed E-state index contributed by atoms with van der Waals surface area (Å²) in [6.45, 7) is 11.1. The highest BCUT2D eigenvalue weighted by Gasteiger charge is 2.20. The predicted molar refractivity (Wildman–Crippen MR) is 71.0 cm³/mol. The monoisotopic (exact) mass is 238 g/mol. The topological polar surface area (TPSA) is 42.7 Å². The van der Waals surface area contributed by atoms with Crippen LogP contribution >= 0.6 is 0 Å². The first kappa shape index (κ1) is 14.2. The molecule has 4 nitrogen and oxygen atoms in total. The highest BCUT2D eigenvalue weighted by atomic mass is 15.3. The van der Waals surface area contributed by atoms with Gasteiger partial charge in [-0.25, -0.2) is 9.67 Å². The van der Waals surface area contributed by atoms with Crippen LogP contribution in [0.2, 0.25) is 0 Å². The zero-order chi connectivity index (χ0) is 13.1. The fourth-order valence-corrected chi connectivity index (χ4v) is 2.09. The minimum atomic E-state index is 0.330. The Labute approximate surface area is 105 Å². The van der Waals surface area contributed by atoms with Crippen molar-refractivity contribution >= 4 is 0 Å². The van der Waals surface area contributed by atoms with Gasteiger partial charge in [-0.2, -0.15) is 5.10 Å². The van der Waals surface area contributed by atoms with E-state index < -0.39 is 0 Å². The molecule has 0 bridgehead atoms. The molecular formula is C13H26N4. The maximum Gasteiger partial charge on any atom is 0.138 e. The highest BCUT2D eigenvalue weighted by molar-refractivity contribution is 4.92. The third kappa shape index (κ3) is 4.46. The number of rotatable bonds is 5. The van der Waals surface area contributed by atoms with Crippen molar-refractivity contribution in [2.75, 3.05) is 7.05 Å². The van der Waals surface area contributed by atoms with Crippen LogP contribution in [0.15, 0.2) is 6.33 Å². The summed E-state index contributed by atoms with van der Waals surface area (Å²) in [7, 11) is 2.02. The van der Waals surface area contributed by atoms with E-state index in [4.69, 9.17) is 0 Å². The molecule has 0 spiro atoms. The number of nitrogens with zero attached hydrogens (tertiary/aromatic N) is 3. The van der Waals surface area contributed by atoms with E-state index in [-0.39, 0.29) is 0 Å². The van der Waals surface area contributed by atoms with Crippen LogP contribution in [0.5, 0.6) is 0 Å². The zero-order valence-electron chi connectivity index (χ0n) is 12.0. The van der Waals surface area contributed by atoms with Crippen molar-refractivity contribution in [2.45, 2.75) is 59.5 Å². The van der Waals surface area contributed by atoms with E-state index in [1.807, 2.05) is 11.7 Å². The number of hydrogen-bond acceptors (Lipinski definition) is 3. The van der Waals surface area contributed by atoms with Crippen LogP contribution in [0.3, 0.4) is 0 Å². The predicted octanol–water partition coefficient (Wildman–Crippen LogP) is 2.43. The van der Waals surface area contributed by atoms with Crippen molar-refractivity contribution < 1.29 is 0 Å². The number of likely N-dealkylation sites (N-methyl/N-ethyl adjacent to an activating group) is 1. The Hall–Kier alpha value is -0.900. The third-order valence-electron chi connectivity index (χ3n) is 2.83. The van der Waals surface area contributed by atoms with Crippen LogP contribution in [0, 0.1) is 5.41 Å². The zero-order valence-corrected chi connectivity index (χ0v) is 12.0. The molecule has 0 amide bonds. The van der Waals surface area contributed by atoms with Gasteiger partial charge in [0.2, 0.25) is 0 Å². The van der Waals surface area contributed by atoms with Crippen molar-refractivity contribution in [1.29, 1.82) is 0 Å². The SMILES string of the molecule is CNC(Cc1ncnn1C(C)C)CC(C)(C)C. The second kappa shape index (κ2) is 5.63. The number of aromatic nitrogens is 3. The molecule has 0 saturated carbocycles. The maximum absolute atomic E-state index is 4.37. The molecule has 0 aliphatic carbocycles. The Balaban J connectivity index is 2.71. The summed E-state index contributed by atoms with van der Waals surface area (Å²) < 4.78 is 2.01. The molecule has 0 aromatic carbocycles. The fourth-order valence-electron chi connectivity index (χ4n) is 2.09. The van der Waals surface area contributed by atoms with Gasteiger partial charge in [-0.3, -0.25) is 0 Å². The Morgan fingerprint density at radius 2 is 2.00 bits per heavy atom. The average molecular weight is 238 g/mol. The van der Waals surface area contributed by atoms with E-state index in [0.29, 0.717) is 17.5 Å². The molecule has 1 N–H and O–H groups in total.